The molecule has 4 nitrogen and oxygen atoms in total. The lowest BCUT2D eigenvalue weighted by molar-refractivity contribution is 0.0881. The van der Waals surface area contributed by atoms with Crippen molar-refractivity contribution in [1.29, 1.82) is 0 Å². The van der Waals surface area contributed by atoms with Gasteiger partial charge in [0.2, 0.25) is 0 Å². The number of hydrogen-bond acceptors (Lipinski definition) is 4. The fourth-order valence-corrected chi connectivity index (χ4v) is 3.86. The molecule has 0 radical (unpaired) electrons. The molecule has 1 aliphatic rings. The molecule has 0 saturated heterocycles. The summed E-state index contributed by atoms with van der Waals surface area (Å²) < 4.78 is 11.6. The van der Waals surface area contributed by atoms with Gasteiger partial charge in [0.05, 0.1) is 10.0 Å². The molecule has 0 fully saturated rings. The van der Waals surface area contributed by atoms with Crippen LogP contribution in [0.25, 0.3) is 11.0 Å². The van der Waals surface area contributed by atoms with E-state index in [0.717, 1.165) is 39.9 Å². The van der Waals surface area contributed by atoms with Crippen molar-refractivity contribution in [3.8, 4) is 5.75 Å². The highest BCUT2D eigenvalue weighted by Gasteiger charge is 2.23. The number of ether oxygens (including phenoxy) is 1. The predicted octanol–water partition coefficient (Wildman–Crippen LogP) is 5.38. The van der Waals surface area contributed by atoms with Gasteiger partial charge in [0.15, 0.2) is 0 Å². The van der Waals surface area contributed by atoms with Crippen LogP contribution in [0.1, 0.15) is 27.8 Å². The van der Waals surface area contributed by atoms with Crippen molar-refractivity contribution in [2.24, 2.45) is 0 Å². The number of rotatable bonds is 2. The SMILES string of the molecule is Cc1c(C)c2cc3c(c(C)c2oc1=O)OCN(Cc1ccc(Cl)c(Cl)c1)C3. The number of halogens is 2. The highest BCUT2D eigenvalue weighted by molar-refractivity contribution is 6.42. The third-order valence-corrected chi connectivity index (χ3v) is 5.92. The van der Waals surface area contributed by atoms with Gasteiger partial charge < -0.3 is 9.15 Å². The molecule has 27 heavy (non-hydrogen) atoms. The van der Waals surface area contributed by atoms with E-state index in [0.29, 0.717) is 34.5 Å². The van der Waals surface area contributed by atoms with Gasteiger partial charge in [-0.2, -0.15) is 0 Å². The second-order valence-corrected chi connectivity index (χ2v) is 7.83. The average molecular weight is 404 g/mol. The van der Waals surface area contributed by atoms with E-state index in [1.54, 1.807) is 6.92 Å². The lowest BCUT2D eigenvalue weighted by atomic mass is 9.99. The molecule has 0 N–H and O–H groups in total. The fourth-order valence-electron chi connectivity index (χ4n) is 3.54. The largest absolute Gasteiger partial charge is 0.477 e. The van der Waals surface area contributed by atoms with Crippen molar-refractivity contribution < 1.29 is 9.15 Å². The van der Waals surface area contributed by atoms with Gasteiger partial charge in [-0.15, -0.1) is 0 Å². The van der Waals surface area contributed by atoms with Crippen LogP contribution in [-0.4, -0.2) is 11.6 Å². The summed E-state index contributed by atoms with van der Waals surface area (Å²) in [7, 11) is 0. The van der Waals surface area contributed by atoms with E-state index < -0.39 is 0 Å². The summed E-state index contributed by atoms with van der Waals surface area (Å²) in [5, 5.41) is 2.06. The molecule has 0 spiro atoms. The maximum atomic E-state index is 12.0. The van der Waals surface area contributed by atoms with Crippen LogP contribution in [0.2, 0.25) is 10.0 Å². The molecule has 4 rings (SSSR count). The smallest absolute Gasteiger partial charge is 0.339 e. The van der Waals surface area contributed by atoms with Gasteiger partial charge in [-0.05, 0) is 50.1 Å². The summed E-state index contributed by atoms with van der Waals surface area (Å²) in [6, 6.07) is 7.73. The normalized spacial score (nSPS) is 14.3. The zero-order valence-electron chi connectivity index (χ0n) is 15.4. The van der Waals surface area contributed by atoms with E-state index in [1.807, 2.05) is 32.0 Å². The first-order valence-corrected chi connectivity index (χ1v) is 9.46. The zero-order chi connectivity index (χ0) is 19.3. The van der Waals surface area contributed by atoms with E-state index in [2.05, 4.69) is 11.0 Å². The van der Waals surface area contributed by atoms with Crippen LogP contribution >= 0.6 is 23.2 Å². The monoisotopic (exact) mass is 403 g/mol. The number of nitrogens with zero attached hydrogens (tertiary/aromatic N) is 1. The summed E-state index contributed by atoms with van der Waals surface area (Å²) in [4.78, 5) is 14.2. The van der Waals surface area contributed by atoms with Gasteiger partial charge in [-0.3, -0.25) is 4.90 Å². The number of benzene rings is 2. The lowest BCUT2D eigenvalue weighted by Crippen LogP contribution is -2.32. The second-order valence-electron chi connectivity index (χ2n) is 7.01. The van der Waals surface area contributed by atoms with E-state index in [1.165, 1.54) is 0 Å². The minimum Gasteiger partial charge on any atom is -0.477 e. The third-order valence-electron chi connectivity index (χ3n) is 5.18. The van der Waals surface area contributed by atoms with Crippen LogP contribution in [0.15, 0.2) is 33.5 Å². The molecule has 1 aromatic heterocycles. The van der Waals surface area contributed by atoms with Crippen molar-refractivity contribution in [3.63, 3.8) is 0 Å². The minimum atomic E-state index is -0.292. The first-order valence-electron chi connectivity index (χ1n) is 8.70. The summed E-state index contributed by atoms with van der Waals surface area (Å²) in [6.07, 6.45) is 0. The average Bonchev–Trinajstić information content (AvgIpc) is 2.64. The van der Waals surface area contributed by atoms with Gasteiger partial charge in [-0.1, -0.05) is 29.3 Å². The Labute approximate surface area is 167 Å². The predicted molar refractivity (Wildman–Crippen MR) is 108 cm³/mol. The Morgan fingerprint density at radius 2 is 1.81 bits per heavy atom. The van der Waals surface area contributed by atoms with Gasteiger partial charge in [-0.25, -0.2) is 4.79 Å². The Morgan fingerprint density at radius 3 is 2.56 bits per heavy atom. The first-order chi connectivity index (χ1) is 12.8. The molecular formula is C21H19Cl2NO3. The third kappa shape index (κ3) is 3.22. The maximum Gasteiger partial charge on any atom is 0.339 e. The molecule has 140 valence electrons. The van der Waals surface area contributed by atoms with Gasteiger partial charge >= 0.3 is 5.63 Å². The van der Waals surface area contributed by atoms with E-state index in [9.17, 15) is 4.79 Å². The minimum absolute atomic E-state index is 0.292. The number of fused-ring (bicyclic) bond motifs is 2. The Hall–Kier alpha value is -2.01. The molecule has 0 unspecified atom stereocenters. The first kappa shape index (κ1) is 18.4. The molecule has 3 aromatic rings. The van der Waals surface area contributed by atoms with Crippen LogP contribution in [0.5, 0.6) is 5.75 Å². The van der Waals surface area contributed by atoms with Crippen LogP contribution in [0.4, 0.5) is 0 Å². The maximum absolute atomic E-state index is 12.0. The topological polar surface area (TPSA) is 42.7 Å². The van der Waals surface area contributed by atoms with Crippen molar-refractivity contribution in [3.05, 3.63) is 72.5 Å². The Balaban J connectivity index is 1.70. The van der Waals surface area contributed by atoms with E-state index in [-0.39, 0.29) is 5.63 Å². The van der Waals surface area contributed by atoms with Crippen LogP contribution < -0.4 is 10.4 Å². The molecule has 0 saturated carbocycles. The molecule has 0 aliphatic carbocycles. The summed E-state index contributed by atoms with van der Waals surface area (Å²) in [5.74, 6) is 0.805. The highest BCUT2D eigenvalue weighted by atomic mass is 35.5. The zero-order valence-corrected chi connectivity index (χ0v) is 16.9. The van der Waals surface area contributed by atoms with Gasteiger partial charge in [0.25, 0.3) is 0 Å². The molecule has 0 bridgehead atoms. The van der Waals surface area contributed by atoms with Crippen molar-refractivity contribution >= 4 is 34.2 Å². The summed E-state index contributed by atoms with van der Waals surface area (Å²) in [6.45, 7) is 7.58. The summed E-state index contributed by atoms with van der Waals surface area (Å²) in [5.41, 5.74) is 4.95. The molecule has 2 aromatic carbocycles. The Bertz CT molecular complexity index is 1120. The number of hydrogen-bond donors (Lipinski definition) is 0. The van der Waals surface area contributed by atoms with Crippen LogP contribution in [0.3, 0.4) is 0 Å². The molecule has 6 heteroatoms. The number of aryl methyl sites for hydroxylation is 2. The van der Waals surface area contributed by atoms with Crippen molar-refractivity contribution in [2.45, 2.75) is 33.9 Å². The second kappa shape index (κ2) is 6.86. The van der Waals surface area contributed by atoms with E-state index >= 15 is 0 Å². The Morgan fingerprint density at radius 1 is 1.04 bits per heavy atom. The fraction of sp³-hybridized carbons (Fsp3) is 0.286. The van der Waals surface area contributed by atoms with Crippen LogP contribution in [-0.2, 0) is 13.1 Å². The van der Waals surface area contributed by atoms with Gasteiger partial charge in [0.1, 0.15) is 18.1 Å². The van der Waals surface area contributed by atoms with Crippen molar-refractivity contribution in [1.82, 2.24) is 4.90 Å². The lowest BCUT2D eigenvalue weighted by Gasteiger charge is -2.30. The molecule has 2 heterocycles. The van der Waals surface area contributed by atoms with Crippen LogP contribution in [0, 0.1) is 20.8 Å². The van der Waals surface area contributed by atoms with Crippen molar-refractivity contribution in [2.75, 3.05) is 6.73 Å². The molecule has 0 atom stereocenters. The molecule has 0 amide bonds. The summed E-state index contributed by atoms with van der Waals surface area (Å²) >= 11 is 12.1. The molecular weight excluding hydrogens is 385 g/mol. The Kier molecular flexibility index (Phi) is 4.66. The van der Waals surface area contributed by atoms with E-state index in [4.69, 9.17) is 32.4 Å². The molecule has 1 aliphatic heterocycles. The highest BCUT2D eigenvalue weighted by Crippen LogP contribution is 2.36. The van der Waals surface area contributed by atoms with Gasteiger partial charge in [0, 0.05) is 35.2 Å². The standard InChI is InChI=1S/C21H19Cl2NO3/c1-11-12(2)21(25)27-20-13(3)19-15(7-16(11)20)9-24(10-26-19)8-14-4-5-17(22)18(23)6-14/h4-7H,8-10H2,1-3H3. The quantitative estimate of drug-likeness (QED) is 0.538.